The summed E-state index contributed by atoms with van der Waals surface area (Å²) in [7, 11) is -6.71. The molecule has 0 heterocycles. The lowest BCUT2D eigenvalue weighted by molar-refractivity contribution is 0.0693. The molecular formula is C16H18O9S2. The van der Waals surface area contributed by atoms with Crippen LogP contribution < -0.4 is 0 Å². The monoisotopic (exact) mass is 418 g/mol. The number of aromatic carboxylic acids is 1. The number of hydrogen-bond donors (Lipinski definition) is 4. The fourth-order valence-electron chi connectivity index (χ4n) is 1.83. The van der Waals surface area contributed by atoms with Crippen LogP contribution in [0.1, 0.15) is 15.9 Å². The first-order valence-corrected chi connectivity index (χ1v) is 10.9. The molecule has 0 radical (unpaired) electrons. The van der Waals surface area contributed by atoms with Crippen molar-refractivity contribution in [3.05, 3.63) is 47.5 Å². The van der Waals surface area contributed by atoms with Gasteiger partial charge in [-0.2, -0.15) is 0 Å². The Kier molecular flexibility index (Phi) is 6.95. The maximum atomic E-state index is 11.0. The molecule has 148 valence electrons. The molecule has 2 rings (SSSR count). The van der Waals surface area contributed by atoms with Crippen LogP contribution in [0.5, 0.6) is 11.5 Å². The van der Waals surface area contributed by atoms with Gasteiger partial charge in [-0.3, -0.25) is 0 Å². The molecule has 0 saturated carbocycles. The molecule has 0 fully saturated rings. The van der Waals surface area contributed by atoms with Crippen LogP contribution in [-0.2, 0) is 26.3 Å². The van der Waals surface area contributed by atoms with Crippen LogP contribution in [0.25, 0.3) is 0 Å². The predicted molar refractivity (Wildman–Crippen MR) is 95.3 cm³/mol. The number of sulfone groups is 2. The Balaban J connectivity index is 0.000000271. The van der Waals surface area contributed by atoms with Gasteiger partial charge in [0.05, 0.1) is 16.4 Å². The molecule has 0 amide bonds. The molecule has 27 heavy (non-hydrogen) atoms. The van der Waals surface area contributed by atoms with Crippen molar-refractivity contribution in [1.29, 1.82) is 0 Å². The maximum Gasteiger partial charge on any atom is 0.339 e. The first-order chi connectivity index (χ1) is 12.3. The Labute approximate surface area is 156 Å². The van der Waals surface area contributed by atoms with E-state index in [1.165, 1.54) is 12.1 Å². The van der Waals surface area contributed by atoms with Gasteiger partial charge in [-0.25, -0.2) is 21.6 Å². The second-order valence-electron chi connectivity index (χ2n) is 5.48. The molecular weight excluding hydrogens is 400 g/mol. The second-order valence-corrected chi connectivity index (χ2v) is 9.51. The minimum Gasteiger partial charge on any atom is -0.508 e. The second kappa shape index (κ2) is 8.37. The number of aliphatic hydroxyl groups is 1. The smallest absolute Gasteiger partial charge is 0.339 e. The van der Waals surface area contributed by atoms with Crippen molar-refractivity contribution in [2.24, 2.45) is 0 Å². The van der Waals surface area contributed by atoms with Gasteiger partial charge in [-0.1, -0.05) is 6.07 Å². The van der Waals surface area contributed by atoms with Crippen molar-refractivity contribution in [3.8, 4) is 11.5 Å². The number of carbonyl (C=O) groups is 1. The lowest BCUT2D eigenvalue weighted by Gasteiger charge is -2.02. The number of hydrogen-bond acceptors (Lipinski definition) is 8. The first kappa shape index (κ1) is 22.4. The molecule has 0 aliphatic heterocycles. The summed E-state index contributed by atoms with van der Waals surface area (Å²) < 4.78 is 44.0. The third kappa shape index (κ3) is 6.24. The summed E-state index contributed by atoms with van der Waals surface area (Å²) in [5, 5.41) is 35.7. The third-order valence-corrected chi connectivity index (χ3v) is 5.50. The highest BCUT2D eigenvalue weighted by molar-refractivity contribution is 7.91. The Hall–Kier alpha value is -2.63. The van der Waals surface area contributed by atoms with Crippen LogP contribution in [0.4, 0.5) is 0 Å². The standard InChI is InChI=1S/C8H8O5S.C8H10O4S/c1-14(12,13)5-2-3-6(8(10)11)7(9)4-5;1-13(11,12)7-3-2-6(5-9)8(10)4-7/h2-4,9H,1H3,(H,10,11);2-4,9-10H,5H2,1H3. The number of phenols is 2. The Morgan fingerprint density at radius 2 is 1.30 bits per heavy atom. The van der Waals surface area contributed by atoms with E-state index in [9.17, 15) is 31.8 Å². The van der Waals surface area contributed by atoms with E-state index >= 15 is 0 Å². The summed E-state index contributed by atoms with van der Waals surface area (Å²) in [6, 6.07) is 6.96. The highest BCUT2D eigenvalue weighted by Gasteiger charge is 2.14. The highest BCUT2D eigenvalue weighted by Crippen LogP contribution is 2.22. The third-order valence-electron chi connectivity index (χ3n) is 3.28. The minimum absolute atomic E-state index is 0.0437. The lowest BCUT2D eigenvalue weighted by atomic mass is 10.2. The van der Waals surface area contributed by atoms with E-state index in [2.05, 4.69) is 0 Å². The van der Waals surface area contributed by atoms with Gasteiger partial charge in [0.1, 0.15) is 17.1 Å². The van der Waals surface area contributed by atoms with E-state index in [0.717, 1.165) is 36.8 Å². The Bertz CT molecular complexity index is 1060. The van der Waals surface area contributed by atoms with E-state index < -0.39 is 31.4 Å². The van der Waals surface area contributed by atoms with Crippen LogP contribution in [0.2, 0.25) is 0 Å². The van der Waals surface area contributed by atoms with E-state index in [1.807, 2.05) is 0 Å². The van der Waals surface area contributed by atoms with Gasteiger partial charge in [0.25, 0.3) is 0 Å². The van der Waals surface area contributed by atoms with Gasteiger partial charge >= 0.3 is 5.97 Å². The van der Waals surface area contributed by atoms with E-state index in [4.69, 9.17) is 10.2 Å². The average molecular weight is 418 g/mol. The van der Waals surface area contributed by atoms with Crippen LogP contribution in [-0.4, -0.2) is 55.7 Å². The molecule has 2 aromatic rings. The molecule has 0 bridgehead atoms. The SMILES string of the molecule is CS(=O)(=O)c1ccc(C(=O)O)c(O)c1.CS(=O)(=O)c1ccc(CO)c(O)c1. The zero-order valence-electron chi connectivity index (χ0n) is 14.3. The van der Waals surface area contributed by atoms with E-state index in [0.29, 0.717) is 5.56 Å². The maximum absolute atomic E-state index is 11.0. The van der Waals surface area contributed by atoms with Crippen LogP contribution >= 0.6 is 0 Å². The fraction of sp³-hybridized carbons (Fsp3) is 0.188. The number of aliphatic hydroxyl groups excluding tert-OH is 1. The van der Waals surface area contributed by atoms with Gasteiger partial charge < -0.3 is 20.4 Å². The highest BCUT2D eigenvalue weighted by atomic mass is 32.2. The van der Waals surface area contributed by atoms with E-state index in [-0.39, 0.29) is 27.7 Å². The first-order valence-electron chi connectivity index (χ1n) is 7.16. The predicted octanol–water partition coefficient (Wildman–Crippen LogP) is 0.782. The Morgan fingerprint density at radius 3 is 1.63 bits per heavy atom. The molecule has 0 spiro atoms. The normalized spacial score (nSPS) is 11.4. The van der Waals surface area contributed by atoms with Crippen molar-refractivity contribution in [3.63, 3.8) is 0 Å². The van der Waals surface area contributed by atoms with Crippen molar-refractivity contribution >= 4 is 25.6 Å². The van der Waals surface area contributed by atoms with Crippen LogP contribution in [0.15, 0.2) is 46.2 Å². The van der Waals surface area contributed by atoms with Gasteiger partial charge in [0.15, 0.2) is 19.7 Å². The number of aromatic hydroxyl groups is 2. The summed E-state index contributed by atoms with van der Waals surface area (Å²) in [6.45, 7) is -0.310. The molecule has 4 N–H and O–H groups in total. The fourth-order valence-corrected chi connectivity index (χ4v) is 3.11. The summed E-state index contributed by atoms with van der Waals surface area (Å²) in [4.78, 5) is 10.4. The number of carboxylic acid groups (broad SMARTS) is 1. The van der Waals surface area contributed by atoms with Crippen molar-refractivity contribution in [2.75, 3.05) is 12.5 Å². The molecule has 9 nitrogen and oxygen atoms in total. The topological polar surface area (TPSA) is 166 Å². The largest absolute Gasteiger partial charge is 0.508 e. The summed E-state index contributed by atoms with van der Waals surface area (Å²) >= 11 is 0. The molecule has 0 saturated heterocycles. The zero-order chi connectivity index (χ0) is 21.0. The molecule has 2 aromatic carbocycles. The molecule has 0 unspecified atom stereocenters. The zero-order valence-corrected chi connectivity index (χ0v) is 16.0. The number of benzene rings is 2. The molecule has 0 aromatic heterocycles. The Morgan fingerprint density at radius 1 is 0.852 bits per heavy atom. The van der Waals surface area contributed by atoms with E-state index in [1.54, 1.807) is 0 Å². The van der Waals surface area contributed by atoms with Gasteiger partial charge in [-0.05, 0) is 30.3 Å². The summed E-state index contributed by atoms with van der Waals surface area (Å²) in [5.41, 5.74) is -0.00944. The minimum atomic E-state index is -3.42. The lowest BCUT2D eigenvalue weighted by Crippen LogP contribution is -2.00. The number of carboxylic acids is 1. The summed E-state index contributed by atoms with van der Waals surface area (Å²) in [5.74, 6) is -2.06. The summed E-state index contributed by atoms with van der Waals surface area (Å²) in [6.07, 6.45) is 2.03. The number of rotatable bonds is 4. The van der Waals surface area contributed by atoms with Crippen molar-refractivity contribution in [1.82, 2.24) is 0 Å². The van der Waals surface area contributed by atoms with Gasteiger partial charge in [-0.15, -0.1) is 0 Å². The molecule has 0 aliphatic carbocycles. The average Bonchev–Trinajstić information content (AvgIpc) is 2.53. The van der Waals surface area contributed by atoms with Crippen LogP contribution in [0.3, 0.4) is 0 Å². The van der Waals surface area contributed by atoms with Gasteiger partial charge in [0.2, 0.25) is 0 Å². The van der Waals surface area contributed by atoms with Gasteiger partial charge in [0, 0.05) is 18.1 Å². The quantitative estimate of drug-likeness (QED) is 0.561. The molecule has 0 atom stereocenters. The molecule has 11 heteroatoms. The van der Waals surface area contributed by atoms with Crippen LogP contribution in [0, 0.1) is 0 Å². The van der Waals surface area contributed by atoms with Crippen molar-refractivity contribution < 1.29 is 42.1 Å². The van der Waals surface area contributed by atoms with Crippen molar-refractivity contribution in [2.45, 2.75) is 16.4 Å². The molecule has 0 aliphatic rings.